The van der Waals surface area contributed by atoms with Gasteiger partial charge in [0.1, 0.15) is 0 Å². The molecule has 1 aromatic carbocycles. The number of carbonyl (C=O) groups is 1. The summed E-state index contributed by atoms with van der Waals surface area (Å²) in [4.78, 5) is 26.0. The number of para-hydroxylation sites is 2. The second kappa shape index (κ2) is 5.61. The summed E-state index contributed by atoms with van der Waals surface area (Å²) in [6.45, 7) is 6.00. The third kappa shape index (κ3) is 2.92. The van der Waals surface area contributed by atoms with Gasteiger partial charge in [-0.1, -0.05) is 12.1 Å². The van der Waals surface area contributed by atoms with Crippen molar-refractivity contribution in [1.82, 2.24) is 9.47 Å². The first-order valence-electron chi connectivity index (χ1n) is 7.46. The highest BCUT2D eigenvalue weighted by Gasteiger charge is 2.29. The van der Waals surface area contributed by atoms with Crippen molar-refractivity contribution in [3.05, 3.63) is 34.8 Å². The van der Waals surface area contributed by atoms with Crippen LogP contribution in [0, 0.1) is 0 Å². The van der Waals surface area contributed by atoms with Crippen molar-refractivity contribution in [3.8, 4) is 0 Å². The molecule has 0 aliphatic carbocycles. The Balaban J connectivity index is 1.70. The van der Waals surface area contributed by atoms with Gasteiger partial charge in [0.2, 0.25) is 5.91 Å². The van der Waals surface area contributed by atoms with Gasteiger partial charge >= 0.3 is 5.76 Å². The maximum atomic E-state index is 12.4. The fourth-order valence-corrected chi connectivity index (χ4v) is 2.82. The Bertz CT molecular complexity index is 744. The minimum Gasteiger partial charge on any atom is -0.408 e. The number of ether oxygens (including phenoxy) is 1. The molecule has 6 heteroatoms. The van der Waals surface area contributed by atoms with Gasteiger partial charge in [0.15, 0.2) is 5.58 Å². The van der Waals surface area contributed by atoms with Crippen molar-refractivity contribution in [2.45, 2.75) is 32.4 Å². The van der Waals surface area contributed by atoms with Crippen LogP contribution in [0.5, 0.6) is 0 Å². The van der Waals surface area contributed by atoms with Crippen molar-refractivity contribution in [3.63, 3.8) is 0 Å². The van der Waals surface area contributed by atoms with Crippen LogP contribution in [0.4, 0.5) is 0 Å². The zero-order valence-corrected chi connectivity index (χ0v) is 12.9. The first kappa shape index (κ1) is 14.8. The largest absolute Gasteiger partial charge is 0.419 e. The Morgan fingerprint density at radius 1 is 1.32 bits per heavy atom. The summed E-state index contributed by atoms with van der Waals surface area (Å²) >= 11 is 0. The Kier molecular flexibility index (Phi) is 3.78. The summed E-state index contributed by atoms with van der Waals surface area (Å²) < 4.78 is 12.3. The average molecular weight is 304 g/mol. The number of aromatic nitrogens is 1. The molecule has 0 spiro atoms. The molecule has 2 aromatic rings. The van der Waals surface area contributed by atoms with Crippen molar-refractivity contribution in [2.24, 2.45) is 0 Å². The fourth-order valence-electron chi connectivity index (χ4n) is 2.82. The van der Waals surface area contributed by atoms with Crippen molar-refractivity contribution < 1.29 is 13.9 Å². The number of carbonyl (C=O) groups excluding carboxylic acids is 1. The van der Waals surface area contributed by atoms with Crippen molar-refractivity contribution >= 4 is 17.0 Å². The molecule has 2 heterocycles. The number of aryl methyl sites for hydroxylation is 1. The number of nitrogens with zero attached hydrogens (tertiary/aromatic N) is 2. The van der Waals surface area contributed by atoms with E-state index in [1.165, 1.54) is 4.57 Å². The molecule has 1 fully saturated rings. The van der Waals surface area contributed by atoms with Crippen LogP contribution in [0.3, 0.4) is 0 Å². The van der Waals surface area contributed by atoms with Gasteiger partial charge in [-0.2, -0.15) is 0 Å². The summed E-state index contributed by atoms with van der Waals surface area (Å²) in [6, 6.07) is 7.23. The first-order chi connectivity index (χ1) is 10.5. The highest BCUT2D eigenvalue weighted by atomic mass is 16.5. The van der Waals surface area contributed by atoms with E-state index in [9.17, 15) is 9.59 Å². The van der Waals surface area contributed by atoms with Gasteiger partial charge in [-0.05, 0) is 26.0 Å². The minimum absolute atomic E-state index is 0.0357. The summed E-state index contributed by atoms with van der Waals surface area (Å²) in [7, 11) is 0. The monoisotopic (exact) mass is 304 g/mol. The van der Waals surface area contributed by atoms with E-state index in [0.717, 1.165) is 5.52 Å². The van der Waals surface area contributed by atoms with E-state index in [1.807, 2.05) is 32.0 Å². The number of benzene rings is 1. The molecule has 22 heavy (non-hydrogen) atoms. The zero-order valence-electron chi connectivity index (χ0n) is 12.9. The number of hydrogen-bond donors (Lipinski definition) is 0. The number of hydrogen-bond acceptors (Lipinski definition) is 4. The van der Waals surface area contributed by atoms with Crippen LogP contribution < -0.4 is 5.76 Å². The van der Waals surface area contributed by atoms with Gasteiger partial charge in [0.05, 0.1) is 17.7 Å². The maximum Gasteiger partial charge on any atom is 0.419 e. The van der Waals surface area contributed by atoms with E-state index < -0.39 is 5.76 Å². The van der Waals surface area contributed by atoms with Gasteiger partial charge in [0.25, 0.3) is 0 Å². The number of amides is 1. The van der Waals surface area contributed by atoms with Crippen LogP contribution in [-0.4, -0.2) is 40.7 Å². The number of fused-ring (bicyclic) bond motifs is 1. The van der Waals surface area contributed by atoms with Crippen LogP contribution in [0.1, 0.15) is 20.3 Å². The molecule has 0 radical (unpaired) electrons. The summed E-state index contributed by atoms with van der Waals surface area (Å²) in [5.74, 6) is -0.384. The predicted molar refractivity (Wildman–Crippen MR) is 81.7 cm³/mol. The molecule has 1 saturated heterocycles. The van der Waals surface area contributed by atoms with Gasteiger partial charge in [-0.3, -0.25) is 9.36 Å². The molecule has 1 aromatic heterocycles. The third-order valence-electron chi connectivity index (χ3n) is 3.90. The Morgan fingerprint density at radius 3 is 2.86 bits per heavy atom. The van der Waals surface area contributed by atoms with Crippen molar-refractivity contribution in [2.75, 3.05) is 19.7 Å². The summed E-state index contributed by atoms with van der Waals surface area (Å²) in [5.41, 5.74) is 0.961. The lowest BCUT2D eigenvalue weighted by Crippen LogP contribution is -2.50. The highest BCUT2D eigenvalue weighted by molar-refractivity contribution is 5.77. The molecular weight excluding hydrogens is 284 g/mol. The van der Waals surface area contributed by atoms with Gasteiger partial charge < -0.3 is 14.1 Å². The smallest absolute Gasteiger partial charge is 0.408 e. The third-order valence-corrected chi connectivity index (χ3v) is 3.90. The minimum atomic E-state index is -0.420. The zero-order chi connectivity index (χ0) is 15.7. The van der Waals surface area contributed by atoms with Crippen molar-refractivity contribution in [1.29, 1.82) is 0 Å². The molecule has 0 atom stereocenters. The normalized spacial score (nSPS) is 17.8. The molecular formula is C16H20N2O4. The Labute approximate surface area is 128 Å². The van der Waals surface area contributed by atoms with Crippen LogP contribution >= 0.6 is 0 Å². The molecule has 1 aliphatic heterocycles. The first-order valence-corrected chi connectivity index (χ1v) is 7.46. The standard InChI is InChI=1S/C16H20N2O4/c1-16(2)11-17(9-10-21-16)14(19)7-8-18-12-5-3-4-6-13(12)22-15(18)20/h3-6H,7-11H2,1-2H3. The molecule has 1 amide bonds. The van der Waals surface area contributed by atoms with E-state index in [0.29, 0.717) is 31.8 Å². The van der Waals surface area contributed by atoms with Gasteiger partial charge in [-0.25, -0.2) is 4.79 Å². The van der Waals surface area contributed by atoms with Crippen LogP contribution in [0.25, 0.3) is 11.1 Å². The van der Waals surface area contributed by atoms with Crippen LogP contribution in [0.15, 0.2) is 33.5 Å². The lowest BCUT2D eigenvalue weighted by atomic mass is 10.1. The molecule has 0 saturated carbocycles. The van der Waals surface area contributed by atoms with E-state index >= 15 is 0 Å². The predicted octanol–water partition coefficient (Wildman–Crippen LogP) is 1.62. The molecule has 6 nitrogen and oxygen atoms in total. The van der Waals surface area contributed by atoms with Gasteiger partial charge in [0, 0.05) is 26.1 Å². The molecule has 118 valence electrons. The summed E-state index contributed by atoms with van der Waals surface area (Å²) in [6.07, 6.45) is 0.277. The molecule has 1 aliphatic rings. The number of rotatable bonds is 3. The average Bonchev–Trinajstić information content (AvgIpc) is 2.79. The number of morpholine rings is 1. The van der Waals surface area contributed by atoms with E-state index in [-0.39, 0.29) is 17.9 Å². The topological polar surface area (TPSA) is 64.7 Å². The molecule has 0 N–H and O–H groups in total. The second-order valence-corrected chi connectivity index (χ2v) is 6.16. The van der Waals surface area contributed by atoms with E-state index in [4.69, 9.17) is 9.15 Å². The quantitative estimate of drug-likeness (QED) is 0.864. The Hall–Kier alpha value is -2.08. The Morgan fingerprint density at radius 2 is 2.09 bits per heavy atom. The maximum absolute atomic E-state index is 12.4. The lowest BCUT2D eigenvalue weighted by Gasteiger charge is -2.38. The summed E-state index contributed by atoms with van der Waals surface area (Å²) in [5, 5.41) is 0. The van der Waals surface area contributed by atoms with Crippen LogP contribution in [0.2, 0.25) is 0 Å². The van der Waals surface area contributed by atoms with E-state index in [1.54, 1.807) is 11.0 Å². The second-order valence-electron chi connectivity index (χ2n) is 6.16. The lowest BCUT2D eigenvalue weighted by molar-refractivity contribution is -0.146. The van der Waals surface area contributed by atoms with E-state index in [2.05, 4.69) is 0 Å². The van der Waals surface area contributed by atoms with Gasteiger partial charge in [-0.15, -0.1) is 0 Å². The number of oxazole rings is 1. The molecule has 3 rings (SSSR count). The molecule has 0 bridgehead atoms. The highest BCUT2D eigenvalue weighted by Crippen LogP contribution is 2.17. The molecule has 0 unspecified atom stereocenters. The SMILES string of the molecule is CC1(C)CN(C(=O)CCn2c(=O)oc3ccccc32)CCO1. The fraction of sp³-hybridized carbons (Fsp3) is 0.500. The van der Waals surface area contributed by atoms with Crippen LogP contribution in [-0.2, 0) is 16.1 Å².